The minimum atomic E-state index is -0.773. The van der Waals surface area contributed by atoms with Gasteiger partial charge in [0.15, 0.2) is 12.3 Å². The third kappa shape index (κ3) is 5.56. The Labute approximate surface area is 202 Å². The fourth-order valence-electron chi connectivity index (χ4n) is 3.08. The Balaban J connectivity index is 1.38. The Morgan fingerprint density at radius 3 is 2.59 bits per heavy atom. The molecule has 0 saturated carbocycles. The topological polar surface area (TPSA) is 112 Å². The normalized spacial score (nSPS) is 10.6. The summed E-state index contributed by atoms with van der Waals surface area (Å²) >= 11 is 2.67. The lowest BCUT2D eigenvalue weighted by Gasteiger charge is -2.08. The summed E-state index contributed by atoms with van der Waals surface area (Å²) in [5, 5.41) is 14.4. The average Bonchev–Trinajstić information content (AvgIpc) is 3.59. The Hall–Kier alpha value is -3.83. The van der Waals surface area contributed by atoms with Crippen LogP contribution < -0.4 is 5.32 Å². The zero-order chi connectivity index (χ0) is 23.9. The van der Waals surface area contributed by atoms with Gasteiger partial charge in [-0.1, -0.05) is 41.6 Å². The lowest BCUT2D eigenvalue weighted by atomic mass is 10.1. The predicted molar refractivity (Wildman–Crippen MR) is 128 cm³/mol. The highest BCUT2D eigenvalue weighted by Crippen LogP contribution is 2.38. The molecule has 11 heteroatoms. The van der Waals surface area contributed by atoms with Gasteiger partial charge in [0.2, 0.25) is 0 Å². The number of nitrogens with zero attached hydrogens (tertiary/aromatic N) is 3. The van der Waals surface area contributed by atoms with Crippen molar-refractivity contribution >= 4 is 45.5 Å². The smallest absolute Gasteiger partial charge is 0.361 e. The lowest BCUT2D eigenvalue weighted by molar-refractivity contribution is -0.119. The van der Waals surface area contributed by atoms with E-state index in [-0.39, 0.29) is 17.9 Å². The first-order chi connectivity index (χ1) is 16.5. The van der Waals surface area contributed by atoms with Crippen molar-refractivity contribution in [2.24, 2.45) is 0 Å². The molecule has 0 spiro atoms. The van der Waals surface area contributed by atoms with Gasteiger partial charge in [0.1, 0.15) is 10.6 Å². The standard InChI is InChI=1S/C23H20N4O5S2/c1-2-31-23(30)20-16(18-9-6-10-33-18)14-34-21(20)24-19(28)13-32-22(29)17-12-27(26-25-17)11-15-7-4-3-5-8-15/h3-10,12,14H,2,11,13H2,1H3,(H,24,28). The van der Waals surface area contributed by atoms with Gasteiger partial charge in [-0.2, -0.15) is 0 Å². The van der Waals surface area contributed by atoms with Gasteiger partial charge < -0.3 is 14.8 Å². The number of ether oxygens (including phenoxy) is 2. The zero-order valence-corrected chi connectivity index (χ0v) is 19.7. The SMILES string of the molecule is CCOC(=O)c1c(-c2cccs2)csc1NC(=O)COC(=O)c1cn(Cc2ccccc2)nn1. The summed E-state index contributed by atoms with van der Waals surface area (Å²) in [4.78, 5) is 38.2. The molecule has 0 aliphatic rings. The number of carbonyl (C=O) groups excluding carboxylic acids is 3. The molecule has 174 valence electrons. The van der Waals surface area contributed by atoms with Gasteiger partial charge in [-0.15, -0.1) is 27.8 Å². The largest absolute Gasteiger partial charge is 0.462 e. The quantitative estimate of drug-likeness (QED) is 0.347. The molecule has 1 amide bonds. The van der Waals surface area contributed by atoms with Crippen LogP contribution in [0.25, 0.3) is 10.4 Å². The second kappa shape index (κ2) is 10.9. The van der Waals surface area contributed by atoms with E-state index in [0.717, 1.165) is 10.4 Å². The molecule has 0 fully saturated rings. The minimum absolute atomic E-state index is 0.00736. The highest BCUT2D eigenvalue weighted by Gasteiger charge is 2.24. The molecule has 0 unspecified atom stereocenters. The maximum Gasteiger partial charge on any atom is 0.361 e. The van der Waals surface area contributed by atoms with E-state index in [1.807, 2.05) is 47.8 Å². The van der Waals surface area contributed by atoms with Crippen molar-refractivity contribution in [1.29, 1.82) is 0 Å². The van der Waals surface area contributed by atoms with E-state index >= 15 is 0 Å². The number of benzene rings is 1. The number of carbonyl (C=O) groups is 3. The van der Waals surface area contributed by atoms with Crippen molar-refractivity contribution in [3.05, 3.63) is 76.2 Å². The van der Waals surface area contributed by atoms with Crippen LogP contribution >= 0.6 is 22.7 Å². The Morgan fingerprint density at radius 2 is 1.85 bits per heavy atom. The van der Waals surface area contributed by atoms with Crippen molar-refractivity contribution in [1.82, 2.24) is 15.0 Å². The number of hydrogen-bond acceptors (Lipinski definition) is 9. The summed E-state index contributed by atoms with van der Waals surface area (Å²) in [5.74, 6) is -1.89. The van der Waals surface area contributed by atoms with Crippen LogP contribution in [0.2, 0.25) is 0 Å². The first-order valence-corrected chi connectivity index (χ1v) is 12.0. The summed E-state index contributed by atoms with van der Waals surface area (Å²) in [6.45, 7) is 1.82. The van der Waals surface area contributed by atoms with Crippen molar-refractivity contribution in [3.8, 4) is 10.4 Å². The molecule has 4 aromatic rings. The maximum atomic E-state index is 12.5. The molecule has 1 aromatic carbocycles. The maximum absolute atomic E-state index is 12.5. The van der Waals surface area contributed by atoms with Gasteiger partial charge in [-0.05, 0) is 23.9 Å². The monoisotopic (exact) mass is 496 g/mol. The molecular formula is C23H20N4O5S2. The minimum Gasteiger partial charge on any atom is -0.462 e. The molecule has 0 atom stereocenters. The molecule has 0 radical (unpaired) electrons. The summed E-state index contributed by atoms with van der Waals surface area (Å²) in [6, 6.07) is 13.3. The number of anilines is 1. The number of hydrogen-bond donors (Lipinski definition) is 1. The van der Waals surface area contributed by atoms with Crippen LogP contribution in [0.15, 0.2) is 59.4 Å². The number of thiophene rings is 2. The Bertz CT molecular complexity index is 1280. The molecule has 34 heavy (non-hydrogen) atoms. The molecule has 0 saturated heterocycles. The van der Waals surface area contributed by atoms with Crippen molar-refractivity contribution in [2.75, 3.05) is 18.5 Å². The molecule has 3 aromatic heterocycles. The van der Waals surface area contributed by atoms with Gasteiger partial charge in [0, 0.05) is 15.8 Å². The van der Waals surface area contributed by atoms with Crippen LogP contribution in [-0.4, -0.2) is 46.1 Å². The Morgan fingerprint density at radius 1 is 1.03 bits per heavy atom. The van der Waals surface area contributed by atoms with Gasteiger partial charge in [0.05, 0.1) is 19.3 Å². The van der Waals surface area contributed by atoms with E-state index in [4.69, 9.17) is 9.47 Å². The third-order valence-electron chi connectivity index (χ3n) is 4.58. The summed E-state index contributed by atoms with van der Waals surface area (Å²) in [7, 11) is 0. The third-order valence-corrected chi connectivity index (χ3v) is 6.38. The van der Waals surface area contributed by atoms with Crippen LogP contribution in [-0.2, 0) is 20.8 Å². The first kappa shape index (κ1) is 23.3. The predicted octanol–water partition coefficient (Wildman–Crippen LogP) is 4.09. The number of amides is 1. The first-order valence-electron chi connectivity index (χ1n) is 10.3. The van der Waals surface area contributed by atoms with Crippen molar-refractivity contribution in [2.45, 2.75) is 13.5 Å². The van der Waals surface area contributed by atoms with E-state index in [9.17, 15) is 14.4 Å². The van der Waals surface area contributed by atoms with E-state index < -0.39 is 24.5 Å². The second-order valence-corrected chi connectivity index (χ2v) is 8.79. The van der Waals surface area contributed by atoms with E-state index in [0.29, 0.717) is 17.1 Å². The van der Waals surface area contributed by atoms with Gasteiger partial charge in [-0.25, -0.2) is 14.3 Å². The van der Waals surface area contributed by atoms with E-state index in [1.165, 1.54) is 33.6 Å². The number of rotatable bonds is 9. The van der Waals surface area contributed by atoms with Crippen molar-refractivity contribution < 1.29 is 23.9 Å². The van der Waals surface area contributed by atoms with Crippen LogP contribution in [0.3, 0.4) is 0 Å². The van der Waals surface area contributed by atoms with Crippen LogP contribution in [0, 0.1) is 0 Å². The van der Waals surface area contributed by atoms with Gasteiger partial charge in [0.25, 0.3) is 5.91 Å². The van der Waals surface area contributed by atoms with Gasteiger partial charge in [-0.3, -0.25) is 4.79 Å². The summed E-state index contributed by atoms with van der Waals surface area (Å²) < 4.78 is 11.8. The fraction of sp³-hybridized carbons (Fsp3) is 0.174. The molecule has 3 heterocycles. The molecule has 0 aliphatic heterocycles. The summed E-state index contributed by atoms with van der Waals surface area (Å²) in [5.41, 5.74) is 1.95. The molecular weight excluding hydrogens is 476 g/mol. The number of esters is 2. The molecule has 0 aliphatic carbocycles. The van der Waals surface area contributed by atoms with E-state index in [1.54, 1.807) is 12.3 Å². The van der Waals surface area contributed by atoms with E-state index in [2.05, 4.69) is 15.6 Å². The molecule has 4 rings (SSSR count). The summed E-state index contributed by atoms with van der Waals surface area (Å²) in [6.07, 6.45) is 1.46. The number of aromatic nitrogens is 3. The van der Waals surface area contributed by atoms with Crippen molar-refractivity contribution in [3.63, 3.8) is 0 Å². The molecule has 9 nitrogen and oxygen atoms in total. The van der Waals surface area contributed by atoms with Crippen LogP contribution in [0.4, 0.5) is 5.00 Å². The fourth-order valence-corrected chi connectivity index (χ4v) is 4.86. The highest BCUT2D eigenvalue weighted by atomic mass is 32.1. The van der Waals surface area contributed by atoms with Crippen LogP contribution in [0.1, 0.15) is 33.3 Å². The Kier molecular flexibility index (Phi) is 7.45. The molecule has 0 bridgehead atoms. The molecule has 1 N–H and O–H groups in total. The van der Waals surface area contributed by atoms with Crippen LogP contribution in [0.5, 0.6) is 0 Å². The van der Waals surface area contributed by atoms with Gasteiger partial charge >= 0.3 is 11.9 Å². The second-order valence-electron chi connectivity index (χ2n) is 6.96. The lowest BCUT2D eigenvalue weighted by Crippen LogP contribution is -2.22. The zero-order valence-electron chi connectivity index (χ0n) is 18.1. The number of nitrogens with one attached hydrogen (secondary N) is 1. The highest BCUT2D eigenvalue weighted by molar-refractivity contribution is 7.17. The average molecular weight is 497 g/mol.